The number of hydrogen-bond acceptors (Lipinski definition) is 6. The van der Waals surface area contributed by atoms with Crippen molar-refractivity contribution in [2.45, 2.75) is 30.3 Å². The normalized spacial score (nSPS) is 14.1. The minimum atomic E-state index is 0.502. The fourth-order valence-corrected chi connectivity index (χ4v) is 4.64. The molecule has 5 nitrogen and oxygen atoms in total. The van der Waals surface area contributed by atoms with E-state index in [1.165, 1.54) is 11.3 Å². The molecule has 1 heterocycles. The maximum absolute atomic E-state index is 5.56. The molecule has 0 aromatic heterocycles. The summed E-state index contributed by atoms with van der Waals surface area (Å²) < 4.78 is 16.6. The van der Waals surface area contributed by atoms with Gasteiger partial charge in [-0.05, 0) is 85.1 Å². The number of anilines is 1. The maximum Gasteiger partial charge on any atom is 0.203 e. The highest BCUT2D eigenvalue weighted by atomic mass is 32.1. The third-order valence-corrected chi connectivity index (χ3v) is 6.51. The molecule has 4 rings (SSSR count). The van der Waals surface area contributed by atoms with Gasteiger partial charge in [0.15, 0.2) is 11.5 Å². The summed E-state index contributed by atoms with van der Waals surface area (Å²) in [6, 6.07) is 21.7. The fourth-order valence-electron chi connectivity index (χ4n) is 4.49. The van der Waals surface area contributed by atoms with E-state index in [2.05, 4.69) is 71.4 Å². The lowest BCUT2D eigenvalue weighted by molar-refractivity contribution is 0.324. The molecule has 6 heteroatoms. The summed E-state index contributed by atoms with van der Waals surface area (Å²) in [4.78, 5) is 3.51. The lowest BCUT2D eigenvalue weighted by Crippen LogP contribution is -2.43. The zero-order valence-electron chi connectivity index (χ0n) is 19.5. The molecule has 174 valence electrons. The van der Waals surface area contributed by atoms with Gasteiger partial charge in [-0.1, -0.05) is 18.2 Å². The van der Waals surface area contributed by atoms with Crippen molar-refractivity contribution in [2.24, 2.45) is 0 Å². The van der Waals surface area contributed by atoms with Gasteiger partial charge in [-0.15, -0.1) is 12.6 Å². The van der Waals surface area contributed by atoms with Gasteiger partial charge in [0, 0.05) is 23.2 Å². The van der Waals surface area contributed by atoms with E-state index in [9.17, 15) is 0 Å². The molecule has 0 radical (unpaired) electrons. The molecular formula is C27H32N2O3S. The van der Waals surface area contributed by atoms with Crippen LogP contribution in [0.1, 0.15) is 18.4 Å². The number of benzene rings is 3. The number of methoxy groups -OCH3 is 3. The van der Waals surface area contributed by atoms with E-state index >= 15 is 0 Å². The van der Waals surface area contributed by atoms with E-state index in [0.717, 1.165) is 48.5 Å². The summed E-state index contributed by atoms with van der Waals surface area (Å²) >= 11 is 4.47. The third kappa shape index (κ3) is 5.40. The Morgan fingerprint density at radius 1 is 0.848 bits per heavy atom. The SMILES string of the molecule is COc1cc(-c2cccc(CN(c3ccc(S)cc3)C3CCNCC3)c2)cc(OC)c1OC. The van der Waals surface area contributed by atoms with E-state index < -0.39 is 0 Å². The minimum Gasteiger partial charge on any atom is -0.493 e. The molecule has 0 aliphatic carbocycles. The van der Waals surface area contributed by atoms with Crippen LogP contribution in [0.4, 0.5) is 5.69 Å². The number of ether oxygens (including phenoxy) is 3. The maximum atomic E-state index is 5.56. The van der Waals surface area contributed by atoms with E-state index in [1.807, 2.05) is 12.1 Å². The van der Waals surface area contributed by atoms with Gasteiger partial charge in [0.25, 0.3) is 0 Å². The van der Waals surface area contributed by atoms with Crippen LogP contribution in [0.2, 0.25) is 0 Å². The number of nitrogens with one attached hydrogen (secondary N) is 1. The summed E-state index contributed by atoms with van der Waals surface area (Å²) in [6.45, 7) is 2.95. The Bertz CT molecular complexity index is 1040. The number of thiol groups is 1. The Balaban J connectivity index is 1.66. The van der Waals surface area contributed by atoms with Crippen molar-refractivity contribution in [3.05, 3.63) is 66.2 Å². The Labute approximate surface area is 202 Å². The van der Waals surface area contributed by atoms with Gasteiger partial charge in [0.1, 0.15) is 0 Å². The van der Waals surface area contributed by atoms with E-state index in [1.54, 1.807) is 21.3 Å². The van der Waals surface area contributed by atoms with Crippen LogP contribution in [0.25, 0.3) is 11.1 Å². The molecule has 0 amide bonds. The third-order valence-electron chi connectivity index (χ3n) is 6.21. The molecule has 0 unspecified atom stereocenters. The van der Waals surface area contributed by atoms with Gasteiger partial charge >= 0.3 is 0 Å². The summed E-state index contributed by atoms with van der Waals surface area (Å²) in [5.41, 5.74) is 4.63. The molecular weight excluding hydrogens is 432 g/mol. The van der Waals surface area contributed by atoms with Crippen LogP contribution >= 0.6 is 12.6 Å². The van der Waals surface area contributed by atoms with Gasteiger partial charge in [-0.2, -0.15) is 0 Å². The number of piperidine rings is 1. The summed E-state index contributed by atoms with van der Waals surface area (Å²) in [5.74, 6) is 1.91. The average molecular weight is 465 g/mol. The predicted molar refractivity (Wildman–Crippen MR) is 137 cm³/mol. The molecule has 1 aliphatic rings. The molecule has 33 heavy (non-hydrogen) atoms. The van der Waals surface area contributed by atoms with Crippen LogP contribution < -0.4 is 24.4 Å². The van der Waals surface area contributed by atoms with Gasteiger partial charge in [-0.25, -0.2) is 0 Å². The van der Waals surface area contributed by atoms with Crippen LogP contribution in [0.5, 0.6) is 17.2 Å². The van der Waals surface area contributed by atoms with Crippen molar-refractivity contribution in [1.82, 2.24) is 5.32 Å². The van der Waals surface area contributed by atoms with Crippen LogP contribution in [0.3, 0.4) is 0 Å². The highest BCUT2D eigenvalue weighted by Gasteiger charge is 2.22. The van der Waals surface area contributed by atoms with Gasteiger partial charge in [0.05, 0.1) is 21.3 Å². The Kier molecular flexibility index (Phi) is 7.68. The highest BCUT2D eigenvalue weighted by Crippen LogP contribution is 2.41. The number of hydrogen-bond donors (Lipinski definition) is 2. The second-order valence-electron chi connectivity index (χ2n) is 8.24. The minimum absolute atomic E-state index is 0.502. The largest absolute Gasteiger partial charge is 0.493 e. The van der Waals surface area contributed by atoms with Crippen molar-refractivity contribution in [2.75, 3.05) is 39.3 Å². The molecule has 0 bridgehead atoms. The first kappa shape index (κ1) is 23.3. The summed E-state index contributed by atoms with van der Waals surface area (Å²) in [5, 5.41) is 3.48. The molecule has 1 aliphatic heterocycles. The fraction of sp³-hybridized carbons (Fsp3) is 0.333. The average Bonchev–Trinajstić information content (AvgIpc) is 2.87. The van der Waals surface area contributed by atoms with E-state index in [4.69, 9.17) is 14.2 Å². The van der Waals surface area contributed by atoms with Gasteiger partial charge < -0.3 is 24.4 Å². The molecule has 0 atom stereocenters. The molecule has 3 aromatic rings. The molecule has 3 aromatic carbocycles. The zero-order chi connectivity index (χ0) is 23.2. The van der Waals surface area contributed by atoms with E-state index in [-0.39, 0.29) is 0 Å². The Morgan fingerprint density at radius 3 is 2.12 bits per heavy atom. The quantitative estimate of drug-likeness (QED) is 0.436. The first-order valence-corrected chi connectivity index (χ1v) is 11.7. The van der Waals surface area contributed by atoms with Crippen molar-refractivity contribution >= 4 is 18.3 Å². The number of nitrogens with zero attached hydrogens (tertiary/aromatic N) is 1. The van der Waals surface area contributed by atoms with Crippen molar-refractivity contribution < 1.29 is 14.2 Å². The number of rotatable bonds is 8. The summed E-state index contributed by atoms with van der Waals surface area (Å²) in [6.07, 6.45) is 2.27. The summed E-state index contributed by atoms with van der Waals surface area (Å²) in [7, 11) is 4.91. The first-order chi connectivity index (χ1) is 16.1. The van der Waals surface area contributed by atoms with Crippen LogP contribution in [0, 0.1) is 0 Å². The van der Waals surface area contributed by atoms with Crippen molar-refractivity contribution in [1.29, 1.82) is 0 Å². The van der Waals surface area contributed by atoms with Crippen LogP contribution in [-0.4, -0.2) is 40.5 Å². The second-order valence-corrected chi connectivity index (χ2v) is 8.76. The molecule has 0 saturated carbocycles. The molecule has 1 N–H and O–H groups in total. The Morgan fingerprint density at radius 2 is 1.52 bits per heavy atom. The first-order valence-electron chi connectivity index (χ1n) is 11.3. The van der Waals surface area contributed by atoms with Gasteiger partial charge in [0.2, 0.25) is 5.75 Å². The smallest absolute Gasteiger partial charge is 0.203 e. The van der Waals surface area contributed by atoms with Crippen molar-refractivity contribution in [3.8, 4) is 28.4 Å². The standard InChI is InChI=1S/C27H32N2O3S/c1-30-25-16-21(17-26(31-2)27(25)32-3)20-6-4-5-19(15-20)18-29(23-11-13-28-14-12-23)22-7-9-24(33)10-8-22/h4-10,15-17,23,28,33H,11-14,18H2,1-3H3. The van der Waals surface area contributed by atoms with Crippen LogP contribution in [0.15, 0.2) is 65.6 Å². The predicted octanol–water partition coefficient (Wildman–Crippen LogP) is 5.43. The topological polar surface area (TPSA) is 43.0 Å². The van der Waals surface area contributed by atoms with E-state index in [0.29, 0.717) is 23.3 Å². The monoisotopic (exact) mass is 464 g/mol. The Hall–Kier alpha value is -2.83. The molecule has 1 fully saturated rings. The van der Waals surface area contributed by atoms with Gasteiger partial charge in [-0.3, -0.25) is 0 Å². The van der Waals surface area contributed by atoms with Crippen LogP contribution in [-0.2, 0) is 6.54 Å². The zero-order valence-corrected chi connectivity index (χ0v) is 20.4. The lowest BCUT2D eigenvalue weighted by atomic mass is 9.99. The lowest BCUT2D eigenvalue weighted by Gasteiger charge is -2.36. The van der Waals surface area contributed by atoms with Crippen molar-refractivity contribution in [3.63, 3.8) is 0 Å². The molecule has 0 spiro atoms. The highest BCUT2D eigenvalue weighted by molar-refractivity contribution is 7.80. The second kappa shape index (κ2) is 10.9. The molecule has 1 saturated heterocycles.